The molecule has 0 saturated carbocycles. The Morgan fingerprint density at radius 3 is 1.63 bits per heavy atom. The molecule has 4 aliphatic heterocycles. The van der Waals surface area contributed by atoms with Crippen LogP contribution in [0.3, 0.4) is 0 Å². The van der Waals surface area contributed by atoms with Gasteiger partial charge in [0, 0.05) is 30.2 Å². The maximum atomic E-state index is 4.88. The molecule has 6 nitrogen and oxygen atoms in total. The van der Waals surface area contributed by atoms with E-state index in [1.54, 1.807) is 0 Å². The summed E-state index contributed by atoms with van der Waals surface area (Å²) < 4.78 is 0. The molecule has 2 aromatic rings. The summed E-state index contributed by atoms with van der Waals surface area (Å²) in [5.74, 6) is 0. The zero-order valence-corrected chi connectivity index (χ0v) is 15.0. The van der Waals surface area contributed by atoms with Gasteiger partial charge in [-0.15, -0.1) is 0 Å². The third-order valence-electron chi connectivity index (χ3n) is 5.39. The Bertz CT molecular complexity index is 928. The number of hydrazine groups is 1. The van der Waals surface area contributed by atoms with Crippen LogP contribution in [0.4, 0.5) is 0 Å². The van der Waals surface area contributed by atoms with Crippen LogP contribution in [0.5, 0.6) is 0 Å². The summed E-state index contributed by atoms with van der Waals surface area (Å²) in [5, 5.41) is 4.69. The van der Waals surface area contributed by atoms with Crippen molar-refractivity contribution in [3.8, 4) is 0 Å². The molecule has 0 N–H and O–H groups in total. The van der Waals surface area contributed by atoms with Crippen LogP contribution in [0.2, 0.25) is 0 Å². The molecule has 4 aliphatic rings. The molecule has 0 spiro atoms. The van der Waals surface area contributed by atoms with Crippen molar-refractivity contribution in [2.75, 3.05) is 13.3 Å². The first-order chi connectivity index (χ1) is 13.3. The second-order valence-electron chi connectivity index (χ2n) is 7.43. The van der Waals surface area contributed by atoms with Crippen molar-refractivity contribution in [2.45, 2.75) is 19.5 Å². The smallest absolute Gasteiger partial charge is 0.110 e. The zero-order valence-electron chi connectivity index (χ0n) is 15.0. The van der Waals surface area contributed by atoms with Gasteiger partial charge in [0.2, 0.25) is 0 Å². The average molecular weight is 356 g/mol. The van der Waals surface area contributed by atoms with Gasteiger partial charge < -0.3 is 9.80 Å². The number of pyridine rings is 2. The van der Waals surface area contributed by atoms with Gasteiger partial charge in [-0.3, -0.25) is 20.0 Å². The summed E-state index contributed by atoms with van der Waals surface area (Å²) in [5.41, 5.74) is 6.80. The van der Waals surface area contributed by atoms with Crippen LogP contribution >= 0.6 is 0 Å². The van der Waals surface area contributed by atoms with Gasteiger partial charge >= 0.3 is 0 Å². The predicted molar refractivity (Wildman–Crippen MR) is 101 cm³/mol. The highest BCUT2D eigenvalue weighted by Gasteiger charge is 2.33. The van der Waals surface area contributed by atoms with E-state index in [0.717, 1.165) is 55.6 Å². The zero-order chi connectivity index (χ0) is 17.8. The van der Waals surface area contributed by atoms with Crippen LogP contribution in [0, 0.1) is 0 Å². The van der Waals surface area contributed by atoms with Gasteiger partial charge in [0.05, 0.1) is 35.9 Å². The van der Waals surface area contributed by atoms with E-state index >= 15 is 0 Å². The molecule has 0 fully saturated rings. The second kappa shape index (κ2) is 5.61. The fourth-order valence-electron chi connectivity index (χ4n) is 4.18. The summed E-state index contributed by atoms with van der Waals surface area (Å²) in [6.45, 7) is 3.32. The van der Waals surface area contributed by atoms with Crippen LogP contribution in [0.15, 0.2) is 72.3 Å². The van der Waals surface area contributed by atoms with Gasteiger partial charge in [-0.25, -0.2) is 0 Å². The summed E-state index contributed by atoms with van der Waals surface area (Å²) in [4.78, 5) is 14.4. The summed E-state index contributed by atoms with van der Waals surface area (Å²) >= 11 is 0. The van der Waals surface area contributed by atoms with Crippen LogP contribution < -0.4 is 0 Å². The van der Waals surface area contributed by atoms with Crippen molar-refractivity contribution >= 4 is 0 Å². The molecule has 0 atom stereocenters. The molecule has 0 aromatic carbocycles. The Labute approximate surface area is 158 Å². The topological polar surface area (TPSA) is 38.7 Å². The van der Waals surface area contributed by atoms with E-state index in [2.05, 4.69) is 80.8 Å². The number of rotatable bonds is 0. The molecular formula is C21H20N6. The van der Waals surface area contributed by atoms with E-state index in [9.17, 15) is 0 Å². The molecule has 6 heteroatoms. The van der Waals surface area contributed by atoms with Crippen LogP contribution in [-0.2, 0) is 19.5 Å². The first kappa shape index (κ1) is 14.8. The Hall–Kier alpha value is -3.28. The summed E-state index contributed by atoms with van der Waals surface area (Å²) in [6, 6.07) is 12.6. The SMILES string of the molecule is C1=CC2=CN3Cc4cccc(n4)Cc4cccc(n4)CN4C=C1N(C4)N2C3. The molecule has 0 radical (unpaired) electrons. The van der Waals surface area contributed by atoms with E-state index in [1.807, 2.05) is 0 Å². The number of hydrogen-bond donors (Lipinski definition) is 0. The van der Waals surface area contributed by atoms with Crippen molar-refractivity contribution in [2.24, 2.45) is 0 Å². The van der Waals surface area contributed by atoms with Crippen LogP contribution in [0.25, 0.3) is 0 Å². The Balaban J connectivity index is 1.43. The summed E-state index contributed by atoms with van der Waals surface area (Å²) in [6.07, 6.45) is 9.64. The van der Waals surface area contributed by atoms with Crippen LogP contribution in [-0.4, -0.2) is 43.1 Å². The van der Waals surface area contributed by atoms with Gasteiger partial charge in [-0.1, -0.05) is 12.1 Å². The van der Waals surface area contributed by atoms with E-state index in [-0.39, 0.29) is 0 Å². The number of nitrogens with zero attached hydrogens (tertiary/aromatic N) is 6. The first-order valence-electron chi connectivity index (χ1n) is 9.35. The Kier molecular flexibility index (Phi) is 3.08. The number of hydrogen-bond acceptors (Lipinski definition) is 6. The molecule has 134 valence electrons. The Morgan fingerprint density at radius 2 is 1.11 bits per heavy atom. The molecule has 0 unspecified atom stereocenters. The molecule has 27 heavy (non-hydrogen) atoms. The van der Waals surface area contributed by atoms with E-state index < -0.39 is 0 Å². The second-order valence-corrected chi connectivity index (χ2v) is 7.43. The molecule has 8 bridgehead atoms. The Morgan fingerprint density at radius 1 is 0.630 bits per heavy atom. The quantitative estimate of drug-likeness (QED) is 0.722. The number of fused-ring (bicyclic) bond motifs is 6. The number of aromatic nitrogens is 2. The lowest BCUT2D eigenvalue weighted by Crippen LogP contribution is -2.43. The van der Waals surface area contributed by atoms with Gasteiger partial charge in [0.15, 0.2) is 0 Å². The lowest BCUT2D eigenvalue weighted by molar-refractivity contribution is 0.0140. The molecule has 2 aromatic heterocycles. The molecule has 0 amide bonds. The molecular weight excluding hydrogens is 336 g/mol. The maximum Gasteiger partial charge on any atom is 0.110 e. The highest BCUT2D eigenvalue weighted by Crippen LogP contribution is 2.32. The maximum absolute atomic E-state index is 4.88. The van der Waals surface area contributed by atoms with Crippen molar-refractivity contribution < 1.29 is 0 Å². The van der Waals surface area contributed by atoms with Gasteiger partial charge in [0.1, 0.15) is 13.3 Å². The highest BCUT2D eigenvalue weighted by atomic mass is 15.7. The van der Waals surface area contributed by atoms with E-state index in [4.69, 9.17) is 9.97 Å². The third kappa shape index (κ3) is 2.56. The van der Waals surface area contributed by atoms with Crippen molar-refractivity contribution in [3.05, 3.63) is 95.1 Å². The molecule has 6 heterocycles. The van der Waals surface area contributed by atoms with E-state index in [0.29, 0.717) is 0 Å². The fraction of sp³-hybridized carbons (Fsp3) is 0.238. The fourth-order valence-corrected chi connectivity index (χ4v) is 4.18. The van der Waals surface area contributed by atoms with E-state index in [1.165, 1.54) is 11.4 Å². The standard InChI is InChI=1S/C21H20N6/c1-3-16-9-17-4-2-6-19(23-17)11-25-13-21-8-7-20-12-24(10-18(5-1)22-16)14-26(20)27(21)15-25/h1-8,12-13H,9-11,14-15H2. The third-order valence-corrected chi connectivity index (χ3v) is 5.39. The minimum absolute atomic E-state index is 0.768. The highest BCUT2D eigenvalue weighted by molar-refractivity contribution is 5.34. The lowest BCUT2D eigenvalue weighted by Gasteiger charge is -2.36. The summed E-state index contributed by atoms with van der Waals surface area (Å²) in [7, 11) is 0. The van der Waals surface area contributed by atoms with Gasteiger partial charge in [-0.2, -0.15) is 0 Å². The molecule has 6 rings (SSSR count). The van der Waals surface area contributed by atoms with Crippen LogP contribution in [0.1, 0.15) is 22.8 Å². The predicted octanol–water partition coefficient (Wildman–Crippen LogP) is 2.40. The van der Waals surface area contributed by atoms with Crippen molar-refractivity contribution in [1.82, 2.24) is 29.8 Å². The normalized spacial score (nSPS) is 19.9. The first-order valence-corrected chi connectivity index (χ1v) is 9.35. The largest absolute Gasteiger partial charge is 0.350 e. The van der Waals surface area contributed by atoms with Crippen molar-refractivity contribution in [1.29, 1.82) is 0 Å². The molecule has 0 aliphatic carbocycles. The van der Waals surface area contributed by atoms with Gasteiger partial charge in [-0.05, 0) is 36.4 Å². The van der Waals surface area contributed by atoms with Gasteiger partial charge in [0.25, 0.3) is 0 Å². The lowest BCUT2D eigenvalue weighted by atomic mass is 10.1. The number of allylic oxidation sites excluding steroid dienone is 2. The minimum Gasteiger partial charge on any atom is -0.350 e. The van der Waals surface area contributed by atoms with Crippen molar-refractivity contribution in [3.63, 3.8) is 0 Å². The molecule has 0 saturated heterocycles. The monoisotopic (exact) mass is 356 g/mol. The minimum atomic E-state index is 0.768. The average Bonchev–Trinajstić information content (AvgIpc) is 3.24.